The van der Waals surface area contributed by atoms with Gasteiger partial charge in [-0.15, -0.1) is 0 Å². The molecule has 1 fully saturated rings. The summed E-state index contributed by atoms with van der Waals surface area (Å²) in [6, 6.07) is 1.65. The Labute approximate surface area is 113 Å². The predicted octanol–water partition coefficient (Wildman–Crippen LogP) is 2.28. The number of nitro groups is 1. The lowest BCUT2D eigenvalue weighted by atomic mass is 10.2. The molecule has 1 saturated heterocycles. The van der Waals surface area contributed by atoms with Gasteiger partial charge in [0, 0.05) is 19.3 Å². The minimum Gasteiger partial charge on any atom is -0.378 e. The summed E-state index contributed by atoms with van der Waals surface area (Å²) >= 11 is 0. The van der Waals surface area contributed by atoms with Crippen LogP contribution in [-0.4, -0.2) is 41.0 Å². The average Bonchev–Trinajstić information content (AvgIpc) is 2.68. The Balaban J connectivity index is 1.83. The molecule has 19 heavy (non-hydrogen) atoms. The first-order chi connectivity index (χ1) is 9.27. The maximum Gasteiger partial charge on any atom is 0.310 e. The molecule has 0 saturated carbocycles. The van der Waals surface area contributed by atoms with Gasteiger partial charge in [-0.05, 0) is 32.0 Å². The minimum atomic E-state index is -0.402. The predicted molar refractivity (Wildman–Crippen MR) is 74.3 cm³/mol. The highest BCUT2D eigenvalue weighted by Crippen LogP contribution is 2.21. The standard InChI is InChI=1S/C13H20N4O2/c18-17(19)13-11-14-6-5-12(13)15-7-10-16-8-3-1-2-4-9-16/h5-6,11H,1-4,7-10H2,(H,14,15). The number of nitrogens with one attached hydrogen (secondary N) is 1. The average molecular weight is 264 g/mol. The molecule has 0 atom stereocenters. The van der Waals surface area contributed by atoms with Crippen molar-refractivity contribution in [3.63, 3.8) is 0 Å². The highest BCUT2D eigenvalue weighted by molar-refractivity contribution is 5.59. The normalized spacial score (nSPS) is 16.8. The summed E-state index contributed by atoms with van der Waals surface area (Å²) < 4.78 is 0. The number of likely N-dealkylation sites (tertiary alicyclic amines) is 1. The summed E-state index contributed by atoms with van der Waals surface area (Å²) in [4.78, 5) is 16.7. The Bertz CT molecular complexity index is 417. The molecule has 0 bridgehead atoms. The maximum absolute atomic E-state index is 10.8. The van der Waals surface area contributed by atoms with Gasteiger partial charge >= 0.3 is 5.69 Å². The summed E-state index contributed by atoms with van der Waals surface area (Å²) in [7, 11) is 0. The van der Waals surface area contributed by atoms with Gasteiger partial charge in [-0.1, -0.05) is 12.8 Å². The van der Waals surface area contributed by atoms with Crippen molar-refractivity contribution in [3.8, 4) is 0 Å². The number of anilines is 1. The van der Waals surface area contributed by atoms with Crippen molar-refractivity contribution in [1.82, 2.24) is 9.88 Å². The van der Waals surface area contributed by atoms with E-state index in [-0.39, 0.29) is 5.69 Å². The number of rotatable bonds is 5. The van der Waals surface area contributed by atoms with Crippen LogP contribution in [0, 0.1) is 10.1 Å². The molecule has 0 spiro atoms. The third-order valence-corrected chi connectivity index (χ3v) is 3.44. The van der Waals surface area contributed by atoms with Gasteiger partial charge in [-0.25, -0.2) is 0 Å². The summed E-state index contributed by atoms with van der Waals surface area (Å²) in [5.41, 5.74) is 0.591. The van der Waals surface area contributed by atoms with Gasteiger partial charge in [-0.2, -0.15) is 0 Å². The molecule has 6 heteroatoms. The van der Waals surface area contributed by atoms with E-state index in [1.807, 2.05) is 0 Å². The van der Waals surface area contributed by atoms with Crippen LogP contribution in [0.4, 0.5) is 11.4 Å². The van der Waals surface area contributed by atoms with Gasteiger partial charge < -0.3 is 10.2 Å². The second-order valence-corrected chi connectivity index (χ2v) is 4.83. The topological polar surface area (TPSA) is 71.3 Å². The zero-order chi connectivity index (χ0) is 13.5. The first-order valence-corrected chi connectivity index (χ1v) is 6.82. The van der Waals surface area contributed by atoms with E-state index in [0.717, 1.165) is 26.2 Å². The maximum atomic E-state index is 10.8. The largest absolute Gasteiger partial charge is 0.378 e. The molecule has 104 valence electrons. The van der Waals surface area contributed by atoms with E-state index >= 15 is 0 Å². The second kappa shape index (κ2) is 7.04. The van der Waals surface area contributed by atoms with Crippen molar-refractivity contribution in [2.45, 2.75) is 25.7 Å². The van der Waals surface area contributed by atoms with Crippen LogP contribution >= 0.6 is 0 Å². The number of hydrogen-bond donors (Lipinski definition) is 1. The van der Waals surface area contributed by atoms with Crippen molar-refractivity contribution in [3.05, 3.63) is 28.6 Å². The van der Waals surface area contributed by atoms with Crippen molar-refractivity contribution in [1.29, 1.82) is 0 Å². The molecule has 1 aromatic rings. The van der Waals surface area contributed by atoms with Crippen LogP contribution in [0.25, 0.3) is 0 Å². The van der Waals surface area contributed by atoms with E-state index in [4.69, 9.17) is 0 Å². The second-order valence-electron chi connectivity index (χ2n) is 4.83. The Hall–Kier alpha value is -1.69. The molecule has 6 nitrogen and oxygen atoms in total. The van der Waals surface area contributed by atoms with Crippen LogP contribution < -0.4 is 5.32 Å². The number of nitrogens with zero attached hydrogens (tertiary/aromatic N) is 3. The van der Waals surface area contributed by atoms with E-state index < -0.39 is 4.92 Å². The monoisotopic (exact) mass is 264 g/mol. The molecule has 0 unspecified atom stereocenters. The Morgan fingerprint density at radius 1 is 1.32 bits per heavy atom. The first-order valence-electron chi connectivity index (χ1n) is 6.82. The van der Waals surface area contributed by atoms with Crippen LogP contribution in [0.15, 0.2) is 18.5 Å². The third-order valence-electron chi connectivity index (χ3n) is 3.44. The Morgan fingerprint density at radius 2 is 2.05 bits per heavy atom. The summed E-state index contributed by atoms with van der Waals surface area (Å²) in [5, 5.41) is 14.0. The number of aromatic nitrogens is 1. The molecule has 0 radical (unpaired) electrons. The van der Waals surface area contributed by atoms with E-state index in [1.54, 1.807) is 12.3 Å². The van der Waals surface area contributed by atoms with Crippen molar-refractivity contribution in [2.24, 2.45) is 0 Å². The summed E-state index contributed by atoms with van der Waals surface area (Å²) in [5.74, 6) is 0. The lowest BCUT2D eigenvalue weighted by Gasteiger charge is -2.19. The lowest BCUT2D eigenvalue weighted by molar-refractivity contribution is -0.384. The first kappa shape index (κ1) is 13.7. The molecule has 2 heterocycles. The van der Waals surface area contributed by atoms with Gasteiger partial charge in [0.05, 0.1) is 4.92 Å². The molecule has 0 amide bonds. The summed E-state index contributed by atoms with van der Waals surface area (Å²) in [6.45, 7) is 3.94. The quantitative estimate of drug-likeness (QED) is 0.652. The van der Waals surface area contributed by atoms with Crippen LogP contribution in [-0.2, 0) is 0 Å². The fraction of sp³-hybridized carbons (Fsp3) is 0.615. The molecule has 2 rings (SSSR count). The van der Waals surface area contributed by atoms with Crippen molar-refractivity contribution < 1.29 is 4.92 Å². The molecular weight excluding hydrogens is 244 g/mol. The molecule has 1 aliphatic heterocycles. The van der Waals surface area contributed by atoms with Crippen LogP contribution in [0.3, 0.4) is 0 Å². The van der Waals surface area contributed by atoms with E-state index in [1.165, 1.54) is 31.9 Å². The van der Waals surface area contributed by atoms with Crippen molar-refractivity contribution >= 4 is 11.4 Å². The summed E-state index contributed by atoms with van der Waals surface area (Å²) in [6.07, 6.45) is 8.01. The van der Waals surface area contributed by atoms with E-state index in [0.29, 0.717) is 5.69 Å². The van der Waals surface area contributed by atoms with Crippen molar-refractivity contribution in [2.75, 3.05) is 31.5 Å². The SMILES string of the molecule is O=[N+]([O-])c1cnccc1NCCN1CCCCCC1. The molecule has 1 aromatic heterocycles. The van der Waals surface area contributed by atoms with E-state index in [2.05, 4.69) is 15.2 Å². The zero-order valence-electron chi connectivity index (χ0n) is 11.0. The number of pyridine rings is 1. The van der Waals surface area contributed by atoms with Gasteiger partial charge in [-0.3, -0.25) is 15.1 Å². The van der Waals surface area contributed by atoms with Gasteiger partial charge in [0.2, 0.25) is 0 Å². The fourth-order valence-electron chi connectivity index (χ4n) is 2.39. The highest BCUT2D eigenvalue weighted by Gasteiger charge is 2.13. The minimum absolute atomic E-state index is 0.0402. The Kier molecular flexibility index (Phi) is 5.09. The third kappa shape index (κ3) is 4.17. The molecule has 0 aromatic carbocycles. The van der Waals surface area contributed by atoms with Gasteiger partial charge in [0.25, 0.3) is 0 Å². The van der Waals surface area contributed by atoms with Crippen LogP contribution in [0.5, 0.6) is 0 Å². The molecular formula is C13H20N4O2. The number of hydrogen-bond acceptors (Lipinski definition) is 5. The highest BCUT2D eigenvalue weighted by atomic mass is 16.6. The molecule has 1 N–H and O–H groups in total. The zero-order valence-corrected chi connectivity index (χ0v) is 11.0. The van der Waals surface area contributed by atoms with E-state index in [9.17, 15) is 10.1 Å². The molecule has 0 aliphatic carbocycles. The lowest BCUT2D eigenvalue weighted by Crippen LogP contribution is -2.30. The molecule has 1 aliphatic rings. The van der Waals surface area contributed by atoms with Crippen LogP contribution in [0.1, 0.15) is 25.7 Å². The van der Waals surface area contributed by atoms with Gasteiger partial charge in [0.15, 0.2) is 0 Å². The van der Waals surface area contributed by atoms with Crippen LogP contribution in [0.2, 0.25) is 0 Å². The Morgan fingerprint density at radius 3 is 2.74 bits per heavy atom. The smallest absolute Gasteiger partial charge is 0.310 e. The van der Waals surface area contributed by atoms with Gasteiger partial charge in [0.1, 0.15) is 11.9 Å². The fourth-order valence-corrected chi connectivity index (χ4v) is 2.39.